The van der Waals surface area contributed by atoms with Crippen molar-refractivity contribution in [1.29, 1.82) is 0 Å². The quantitative estimate of drug-likeness (QED) is 0.849. The summed E-state index contributed by atoms with van der Waals surface area (Å²) in [7, 11) is 0. The largest absolute Gasteiger partial charge is 0.428 e. The highest BCUT2D eigenvalue weighted by Crippen LogP contribution is 2.27. The number of halogens is 1. The van der Waals surface area contributed by atoms with Gasteiger partial charge in [-0.15, -0.1) is 0 Å². The van der Waals surface area contributed by atoms with Crippen LogP contribution in [0.4, 0.5) is 6.01 Å². The van der Waals surface area contributed by atoms with Crippen molar-refractivity contribution in [2.24, 2.45) is 0 Å². The van der Waals surface area contributed by atoms with Gasteiger partial charge in [-0.2, -0.15) is 4.98 Å². The molecule has 0 aliphatic heterocycles. The molecule has 2 N–H and O–H groups in total. The summed E-state index contributed by atoms with van der Waals surface area (Å²) in [4.78, 5) is 4.15. The second kappa shape index (κ2) is 3.95. The number of anilines is 1. The number of nitrogens with zero attached hydrogens (tertiary/aromatic N) is 1. The third kappa shape index (κ3) is 1.97. The van der Waals surface area contributed by atoms with Crippen LogP contribution in [0, 0.1) is 0 Å². The van der Waals surface area contributed by atoms with Gasteiger partial charge in [-0.1, -0.05) is 30.7 Å². The van der Waals surface area contributed by atoms with Crippen LogP contribution >= 0.6 is 11.6 Å². The Kier molecular flexibility index (Phi) is 2.64. The molecular formula is C11H11ClN2O. The summed E-state index contributed by atoms with van der Waals surface area (Å²) >= 11 is 5.91. The monoisotopic (exact) mass is 222 g/mol. The van der Waals surface area contributed by atoms with E-state index in [0.29, 0.717) is 5.02 Å². The van der Waals surface area contributed by atoms with Gasteiger partial charge >= 0.3 is 0 Å². The van der Waals surface area contributed by atoms with Crippen molar-refractivity contribution in [3.63, 3.8) is 0 Å². The molecule has 0 aliphatic carbocycles. The smallest absolute Gasteiger partial charge is 0.292 e. The molecule has 0 radical (unpaired) electrons. The first-order valence-electron chi connectivity index (χ1n) is 4.72. The van der Waals surface area contributed by atoms with Crippen LogP contribution in [0.15, 0.2) is 28.7 Å². The summed E-state index contributed by atoms with van der Waals surface area (Å²) in [5, 5.41) is 0.677. The lowest BCUT2D eigenvalue weighted by molar-refractivity contribution is 0.530. The predicted molar refractivity (Wildman–Crippen MR) is 60.7 cm³/mol. The lowest BCUT2D eigenvalue weighted by Gasteiger charge is -1.98. The third-order valence-electron chi connectivity index (χ3n) is 2.13. The lowest BCUT2D eigenvalue weighted by Crippen LogP contribution is -1.85. The van der Waals surface area contributed by atoms with Gasteiger partial charge in [0.15, 0.2) is 0 Å². The first kappa shape index (κ1) is 10.1. The first-order valence-corrected chi connectivity index (χ1v) is 5.09. The SMILES string of the molecule is CCc1oc(N)nc1-c1cccc(Cl)c1. The highest BCUT2D eigenvalue weighted by Gasteiger charge is 2.11. The molecule has 15 heavy (non-hydrogen) atoms. The van der Waals surface area contributed by atoms with Crippen molar-refractivity contribution in [2.75, 3.05) is 5.73 Å². The van der Waals surface area contributed by atoms with Gasteiger partial charge in [-0.3, -0.25) is 0 Å². The van der Waals surface area contributed by atoms with E-state index in [-0.39, 0.29) is 6.01 Å². The van der Waals surface area contributed by atoms with Gasteiger partial charge < -0.3 is 10.2 Å². The summed E-state index contributed by atoms with van der Waals surface area (Å²) in [6.07, 6.45) is 0.756. The van der Waals surface area contributed by atoms with Crippen LogP contribution in [0.1, 0.15) is 12.7 Å². The average Bonchev–Trinajstić information content (AvgIpc) is 2.59. The molecule has 0 aliphatic rings. The molecule has 0 saturated heterocycles. The zero-order chi connectivity index (χ0) is 10.8. The van der Waals surface area contributed by atoms with Gasteiger partial charge in [0.05, 0.1) is 0 Å². The maximum atomic E-state index is 5.91. The van der Waals surface area contributed by atoms with E-state index in [0.717, 1.165) is 23.4 Å². The van der Waals surface area contributed by atoms with Crippen molar-refractivity contribution in [3.05, 3.63) is 35.0 Å². The molecule has 4 heteroatoms. The van der Waals surface area contributed by atoms with E-state index in [1.54, 1.807) is 0 Å². The number of aryl methyl sites for hydroxylation is 1. The minimum absolute atomic E-state index is 0.196. The number of benzene rings is 1. The Morgan fingerprint density at radius 3 is 2.93 bits per heavy atom. The van der Waals surface area contributed by atoms with Crippen LogP contribution in [0.5, 0.6) is 0 Å². The average molecular weight is 223 g/mol. The summed E-state index contributed by atoms with van der Waals surface area (Å²) in [6, 6.07) is 7.67. The number of aromatic nitrogens is 1. The van der Waals surface area contributed by atoms with Crippen LogP contribution in [-0.2, 0) is 6.42 Å². The van der Waals surface area contributed by atoms with Crippen LogP contribution < -0.4 is 5.73 Å². The van der Waals surface area contributed by atoms with E-state index in [2.05, 4.69) is 4.98 Å². The number of nitrogens with two attached hydrogens (primary N) is 1. The molecule has 3 nitrogen and oxygen atoms in total. The zero-order valence-corrected chi connectivity index (χ0v) is 9.08. The van der Waals surface area contributed by atoms with Crippen LogP contribution in [0.3, 0.4) is 0 Å². The normalized spacial score (nSPS) is 10.5. The number of nitrogen functional groups attached to an aromatic ring is 1. The Bertz CT molecular complexity index is 479. The Balaban J connectivity index is 2.53. The Hall–Kier alpha value is -1.48. The van der Waals surface area contributed by atoms with Crippen LogP contribution in [0.2, 0.25) is 5.02 Å². The van der Waals surface area contributed by atoms with Crippen molar-refractivity contribution in [3.8, 4) is 11.3 Å². The van der Waals surface area contributed by atoms with E-state index in [9.17, 15) is 0 Å². The van der Waals surface area contributed by atoms with E-state index < -0.39 is 0 Å². The summed E-state index contributed by atoms with van der Waals surface area (Å²) in [5.74, 6) is 0.787. The maximum absolute atomic E-state index is 5.91. The van der Waals surface area contributed by atoms with E-state index in [1.807, 2.05) is 31.2 Å². The van der Waals surface area contributed by atoms with Gasteiger partial charge in [-0.25, -0.2) is 0 Å². The highest BCUT2D eigenvalue weighted by molar-refractivity contribution is 6.30. The minimum atomic E-state index is 0.196. The molecule has 1 aromatic heterocycles. The molecule has 0 spiro atoms. The van der Waals surface area contributed by atoms with Gasteiger partial charge in [0.1, 0.15) is 11.5 Å². The fourth-order valence-corrected chi connectivity index (χ4v) is 1.66. The first-order chi connectivity index (χ1) is 7.20. The maximum Gasteiger partial charge on any atom is 0.292 e. The Labute approximate surface area is 92.9 Å². The number of rotatable bonds is 2. The van der Waals surface area contributed by atoms with Gasteiger partial charge in [-0.05, 0) is 12.1 Å². The number of oxazole rings is 1. The fraction of sp³-hybridized carbons (Fsp3) is 0.182. The molecular weight excluding hydrogens is 212 g/mol. The molecule has 2 aromatic rings. The molecule has 78 valence electrons. The van der Waals surface area contributed by atoms with Crippen molar-refractivity contribution in [2.45, 2.75) is 13.3 Å². The van der Waals surface area contributed by atoms with Gasteiger partial charge in [0.25, 0.3) is 6.01 Å². The molecule has 1 aromatic carbocycles. The van der Waals surface area contributed by atoms with Crippen LogP contribution in [0.25, 0.3) is 11.3 Å². The second-order valence-corrected chi connectivity index (χ2v) is 3.62. The number of hydrogen-bond donors (Lipinski definition) is 1. The Morgan fingerprint density at radius 1 is 1.47 bits per heavy atom. The molecule has 0 bridgehead atoms. The molecule has 0 fully saturated rings. The molecule has 0 saturated carbocycles. The van der Waals surface area contributed by atoms with Gasteiger partial charge in [0.2, 0.25) is 0 Å². The lowest BCUT2D eigenvalue weighted by atomic mass is 10.1. The van der Waals surface area contributed by atoms with E-state index in [4.69, 9.17) is 21.8 Å². The third-order valence-corrected chi connectivity index (χ3v) is 2.37. The standard InChI is InChI=1S/C11H11ClN2O/c1-2-9-10(14-11(13)15-9)7-4-3-5-8(12)6-7/h3-6H,2H2,1H3,(H2,13,14). The fourth-order valence-electron chi connectivity index (χ4n) is 1.47. The minimum Gasteiger partial charge on any atom is -0.428 e. The summed E-state index contributed by atoms with van der Waals surface area (Å²) in [5.41, 5.74) is 7.23. The van der Waals surface area contributed by atoms with Crippen molar-refractivity contribution < 1.29 is 4.42 Å². The second-order valence-electron chi connectivity index (χ2n) is 3.19. The summed E-state index contributed by atoms with van der Waals surface area (Å²) in [6.45, 7) is 1.99. The molecule has 0 atom stereocenters. The van der Waals surface area contributed by atoms with Crippen molar-refractivity contribution in [1.82, 2.24) is 4.98 Å². The van der Waals surface area contributed by atoms with E-state index >= 15 is 0 Å². The molecule has 0 amide bonds. The molecule has 2 rings (SSSR count). The zero-order valence-electron chi connectivity index (χ0n) is 8.33. The van der Waals surface area contributed by atoms with E-state index in [1.165, 1.54) is 0 Å². The predicted octanol–water partition coefficient (Wildman–Crippen LogP) is 3.14. The number of hydrogen-bond acceptors (Lipinski definition) is 3. The summed E-state index contributed by atoms with van der Waals surface area (Å²) < 4.78 is 5.28. The van der Waals surface area contributed by atoms with Gasteiger partial charge in [0, 0.05) is 17.0 Å². The Morgan fingerprint density at radius 2 is 2.27 bits per heavy atom. The topological polar surface area (TPSA) is 52.0 Å². The molecule has 0 unspecified atom stereocenters. The van der Waals surface area contributed by atoms with Crippen LogP contribution in [-0.4, -0.2) is 4.98 Å². The van der Waals surface area contributed by atoms with Crippen molar-refractivity contribution >= 4 is 17.6 Å². The highest BCUT2D eigenvalue weighted by atomic mass is 35.5. The molecule has 1 heterocycles.